The molecule has 0 radical (unpaired) electrons. The first kappa shape index (κ1) is 24.2. The molecular formula is C25H26N6O4S. The van der Waals surface area contributed by atoms with Crippen molar-refractivity contribution >= 4 is 39.3 Å². The highest BCUT2D eigenvalue weighted by Crippen LogP contribution is 2.21. The molecule has 3 aliphatic heterocycles. The van der Waals surface area contributed by atoms with Gasteiger partial charge in [-0.25, -0.2) is 23.2 Å². The minimum atomic E-state index is -3.65. The van der Waals surface area contributed by atoms with Gasteiger partial charge in [-0.2, -0.15) is 9.30 Å². The lowest BCUT2D eigenvalue weighted by Gasteiger charge is -2.34. The van der Waals surface area contributed by atoms with Crippen molar-refractivity contribution in [2.45, 2.75) is 24.8 Å². The lowest BCUT2D eigenvalue weighted by Crippen LogP contribution is -2.48. The minimum absolute atomic E-state index is 0.00238. The van der Waals surface area contributed by atoms with Gasteiger partial charge >= 0.3 is 6.03 Å². The number of nitrogens with zero attached hydrogens (tertiary/aromatic N) is 6. The molecule has 3 amide bonds. The molecule has 0 unspecified atom stereocenters. The Hall–Kier alpha value is -3.54. The van der Waals surface area contributed by atoms with E-state index in [9.17, 15) is 18.0 Å². The Kier molecular flexibility index (Phi) is 6.61. The molecule has 0 saturated carbocycles. The van der Waals surface area contributed by atoms with Crippen LogP contribution in [0.4, 0.5) is 4.79 Å². The van der Waals surface area contributed by atoms with Crippen LogP contribution in [0, 0.1) is 0 Å². The van der Waals surface area contributed by atoms with Crippen molar-refractivity contribution < 1.29 is 18.0 Å². The molecule has 3 heterocycles. The van der Waals surface area contributed by atoms with E-state index in [0.29, 0.717) is 38.2 Å². The fraction of sp³-hybridized carbons (Fsp3) is 0.320. The number of hydrogen-bond donors (Lipinski definition) is 0. The van der Waals surface area contributed by atoms with Crippen LogP contribution in [0.25, 0.3) is 0 Å². The summed E-state index contributed by atoms with van der Waals surface area (Å²) in [5, 5.41) is 0. The molecule has 0 atom stereocenters. The van der Waals surface area contributed by atoms with E-state index in [0.717, 1.165) is 11.4 Å². The Bertz CT molecular complexity index is 1380. The molecule has 36 heavy (non-hydrogen) atoms. The molecule has 1 fully saturated rings. The fourth-order valence-electron chi connectivity index (χ4n) is 4.37. The third kappa shape index (κ3) is 4.64. The molecule has 0 N–H and O–H groups in total. The summed E-state index contributed by atoms with van der Waals surface area (Å²) >= 11 is 0. The molecule has 10 nitrogen and oxygen atoms in total. The number of amides is 3. The minimum Gasteiger partial charge on any atom is -0.296 e. The summed E-state index contributed by atoms with van der Waals surface area (Å²) in [6.07, 6.45) is 0.612. The summed E-state index contributed by atoms with van der Waals surface area (Å²) in [5.74, 6) is -0.296. The number of urea groups is 1. The van der Waals surface area contributed by atoms with Crippen LogP contribution in [0.15, 0.2) is 74.5 Å². The first-order valence-electron chi connectivity index (χ1n) is 11.9. The van der Waals surface area contributed by atoms with E-state index >= 15 is 0 Å². The van der Waals surface area contributed by atoms with Crippen LogP contribution in [-0.2, 0) is 21.4 Å². The van der Waals surface area contributed by atoms with Crippen LogP contribution >= 0.6 is 0 Å². The summed E-state index contributed by atoms with van der Waals surface area (Å²) in [6.45, 7) is 5.07. The van der Waals surface area contributed by atoms with Gasteiger partial charge in [-0.3, -0.25) is 14.6 Å². The number of piperazine rings is 1. The van der Waals surface area contributed by atoms with Crippen molar-refractivity contribution in [1.29, 1.82) is 0 Å². The summed E-state index contributed by atoms with van der Waals surface area (Å²) in [6, 6.07) is 15.7. The Morgan fingerprint density at radius 2 is 1.53 bits per heavy atom. The Morgan fingerprint density at radius 3 is 2.19 bits per heavy atom. The van der Waals surface area contributed by atoms with Crippen LogP contribution in [0.5, 0.6) is 0 Å². The van der Waals surface area contributed by atoms with Crippen molar-refractivity contribution in [3.8, 4) is 0 Å². The average Bonchev–Trinajstić information content (AvgIpc) is 3.32. The van der Waals surface area contributed by atoms with Crippen molar-refractivity contribution in [2.24, 2.45) is 15.0 Å². The number of rotatable bonds is 7. The van der Waals surface area contributed by atoms with Gasteiger partial charge in [0.05, 0.1) is 4.90 Å². The van der Waals surface area contributed by atoms with Crippen LogP contribution in [0.1, 0.15) is 24.5 Å². The molecule has 0 aliphatic carbocycles. The number of carbonyl (C=O) groups excluding carboxylic acids is 2. The maximum absolute atomic E-state index is 13.2. The smallest absolute Gasteiger partial charge is 0.296 e. The van der Waals surface area contributed by atoms with Gasteiger partial charge in [0.2, 0.25) is 10.0 Å². The second kappa shape index (κ2) is 9.84. The maximum Gasteiger partial charge on any atom is 0.352 e. The second-order valence-corrected chi connectivity index (χ2v) is 10.7. The van der Waals surface area contributed by atoms with Gasteiger partial charge in [0, 0.05) is 44.8 Å². The molecule has 1 saturated heterocycles. The van der Waals surface area contributed by atoms with E-state index in [-0.39, 0.29) is 28.8 Å². The SMILES string of the molecule is CCCN1C(=O)N=C2N=C(c3ccc(S(=O)(=O)N4CCN(Cc5ccccc5)CC4)cc3)N=C2C1=O. The van der Waals surface area contributed by atoms with Crippen molar-refractivity contribution in [3.05, 3.63) is 65.7 Å². The highest BCUT2D eigenvalue weighted by Gasteiger charge is 2.37. The van der Waals surface area contributed by atoms with E-state index in [1.165, 1.54) is 22.0 Å². The summed E-state index contributed by atoms with van der Waals surface area (Å²) < 4.78 is 27.9. The topological polar surface area (TPSA) is 115 Å². The van der Waals surface area contributed by atoms with Gasteiger partial charge in [0.15, 0.2) is 17.4 Å². The molecule has 2 aromatic rings. The second-order valence-electron chi connectivity index (χ2n) is 8.76. The summed E-state index contributed by atoms with van der Waals surface area (Å²) in [4.78, 5) is 40.6. The van der Waals surface area contributed by atoms with Crippen molar-refractivity contribution in [2.75, 3.05) is 32.7 Å². The number of imide groups is 1. The van der Waals surface area contributed by atoms with Gasteiger partial charge in [-0.1, -0.05) is 37.3 Å². The zero-order valence-corrected chi connectivity index (χ0v) is 20.7. The number of hydrogen-bond acceptors (Lipinski definition) is 7. The normalized spacial score (nSPS) is 19.1. The third-order valence-electron chi connectivity index (χ3n) is 6.30. The van der Waals surface area contributed by atoms with E-state index in [1.54, 1.807) is 12.1 Å². The number of benzene rings is 2. The predicted octanol–water partition coefficient (Wildman–Crippen LogP) is 2.17. The lowest BCUT2D eigenvalue weighted by molar-refractivity contribution is -0.121. The predicted molar refractivity (Wildman–Crippen MR) is 136 cm³/mol. The van der Waals surface area contributed by atoms with E-state index in [2.05, 4.69) is 32.0 Å². The molecule has 11 heteroatoms. The third-order valence-corrected chi connectivity index (χ3v) is 8.21. The number of fused-ring (bicyclic) bond motifs is 1. The van der Waals surface area contributed by atoms with Crippen LogP contribution in [0.3, 0.4) is 0 Å². The average molecular weight is 507 g/mol. The van der Waals surface area contributed by atoms with Crippen molar-refractivity contribution in [3.63, 3.8) is 0 Å². The zero-order chi connectivity index (χ0) is 25.3. The summed E-state index contributed by atoms with van der Waals surface area (Å²) in [5.41, 5.74) is 1.77. The lowest BCUT2D eigenvalue weighted by atomic mass is 10.2. The number of sulfonamides is 1. The molecule has 2 aromatic carbocycles. The Balaban J connectivity index is 1.26. The molecule has 0 aromatic heterocycles. The molecule has 0 spiro atoms. The number of carbonyl (C=O) groups is 2. The molecular weight excluding hydrogens is 480 g/mol. The van der Waals surface area contributed by atoms with Gasteiger partial charge in [0.1, 0.15) is 0 Å². The monoisotopic (exact) mass is 506 g/mol. The molecule has 5 rings (SSSR count). The Labute approximate surface area is 209 Å². The van der Waals surface area contributed by atoms with E-state index < -0.39 is 22.0 Å². The van der Waals surface area contributed by atoms with E-state index in [1.807, 2.05) is 25.1 Å². The number of aliphatic imine (C=N–C) groups is 3. The summed E-state index contributed by atoms with van der Waals surface area (Å²) in [7, 11) is -3.65. The van der Waals surface area contributed by atoms with Crippen LogP contribution < -0.4 is 0 Å². The molecule has 3 aliphatic rings. The first-order chi connectivity index (χ1) is 17.4. The molecule has 186 valence electrons. The van der Waals surface area contributed by atoms with Gasteiger partial charge in [-0.15, -0.1) is 0 Å². The Morgan fingerprint density at radius 1 is 0.833 bits per heavy atom. The quantitative estimate of drug-likeness (QED) is 0.571. The van der Waals surface area contributed by atoms with Crippen LogP contribution in [0.2, 0.25) is 0 Å². The van der Waals surface area contributed by atoms with Crippen LogP contribution in [-0.4, -0.2) is 84.6 Å². The van der Waals surface area contributed by atoms with Crippen molar-refractivity contribution in [1.82, 2.24) is 14.1 Å². The zero-order valence-electron chi connectivity index (χ0n) is 19.9. The van der Waals surface area contributed by atoms with E-state index in [4.69, 9.17) is 0 Å². The van der Waals surface area contributed by atoms with Gasteiger partial charge in [-0.05, 0) is 36.2 Å². The first-order valence-corrected chi connectivity index (χ1v) is 13.3. The standard InChI is InChI=1S/C25H26N6O4S/c1-2-12-31-24(32)21-23(28-25(31)33)27-22(26-21)19-8-10-20(11-9-19)36(34,35)30-15-13-29(14-16-30)17-18-6-4-3-5-7-18/h3-11H,2,12-17H2,1H3. The highest BCUT2D eigenvalue weighted by atomic mass is 32.2. The van der Waals surface area contributed by atoms with Gasteiger partial charge < -0.3 is 0 Å². The van der Waals surface area contributed by atoms with Gasteiger partial charge in [0.25, 0.3) is 5.91 Å². The largest absolute Gasteiger partial charge is 0.352 e. The number of amidine groups is 2. The highest BCUT2D eigenvalue weighted by molar-refractivity contribution is 7.89. The fourth-order valence-corrected chi connectivity index (χ4v) is 5.79. The maximum atomic E-state index is 13.2. The molecule has 0 bridgehead atoms.